The summed E-state index contributed by atoms with van der Waals surface area (Å²) < 4.78 is 11.0. The Bertz CT molecular complexity index is 398. The van der Waals surface area contributed by atoms with Crippen LogP contribution in [0, 0.1) is 0 Å². The molecule has 5 heteroatoms. The number of anilines is 2. The fourth-order valence-corrected chi connectivity index (χ4v) is 1.96. The van der Waals surface area contributed by atoms with Gasteiger partial charge in [0.15, 0.2) is 0 Å². The van der Waals surface area contributed by atoms with Crippen LogP contribution in [-0.4, -0.2) is 30.3 Å². The quantitative estimate of drug-likeness (QED) is 0.838. The fraction of sp³-hybridized carbons (Fsp3) is 0.615. The van der Waals surface area contributed by atoms with E-state index in [1.165, 1.54) is 0 Å². The van der Waals surface area contributed by atoms with Crippen molar-refractivity contribution >= 4 is 11.5 Å². The number of nitrogens with zero attached hydrogens (tertiary/aromatic N) is 1. The zero-order valence-corrected chi connectivity index (χ0v) is 11.0. The van der Waals surface area contributed by atoms with Crippen LogP contribution in [0.5, 0.6) is 5.88 Å². The third kappa shape index (κ3) is 3.04. The molecule has 1 fully saturated rings. The standard InChI is InChI=1S/C13H21N3O2/c1-3-7-18-13-10(14)4-5-12(16-13)15-11-6-8-17-9(11)2/h4-5,9,11H,3,6-8,14H2,1-2H3,(H,15,16). The molecule has 5 nitrogen and oxygen atoms in total. The van der Waals surface area contributed by atoms with Gasteiger partial charge in [-0.15, -0.1) is 0 Å². The lowest BCUT2D eigenvalue weighted by atomic mass is 10.1. The summed E-state index contributed by atoms with van der Waals surface area (Å²) in [5.41, 5.74) is 6.40. The molecule has 0 aliphatic carbocycles. The van der Waals surface area contributed by atoms with Crippen LogP contribution in [0.2, 0.25) is 0 Å². The van der Waals surface area contributed by atoms with Gasteiger partial charge in [-0.1, -0.05) is 6.92 Å². The number of rotatable bonds is 5. The van der Waals surface area contributed by atoms with Crippen molar-refractivity contribution in [1.82, 2.24) is 4.98 Å². The molecule has 1 saturated heterocycles. The lowest BCUT2D eigenvalue weighted by Crippen LogP contribution is -2.27. The summed E-state index contributed by atoms with van der Waals surface area (Å²) in [5.74, 6) is 1.30. The lowest BCUT2D eigenvalue weighted by molar-refractivity contribution is 0.121. The van der Waals surface area contributed by atoms with E-state index in [0.717, 1.165) is 25.3 Å². The molecule has 2 heterocycles. The van der Waals surface area contributed by atoms with E-state index in [1.54, 1.807) is 0 Å². The Morgan fingerprint density at radius 2 is 2.39 bits per heavy atom. The van der Waals surface area contributed by atoms with E-state index < -0.39 is 0 Å². The minimum Gasteiger partial charge on any atom is -0.476 e. The summed E-state index contributed by atoms with van der Waals surface area (Å²) in [7, 11) is 0. The molecule has 0 saturated carbocycles. The lowest BCUT2D eigenvalue weighted by Gasteiger charge is -2.17. The average Bonchev–Trinajstić information content (AvgIpc) is 2.76. The summed E-state index contributed by atoms with van der Waals surface area (Å²) in [4.78, 5) is 4.39. The maximum Gasteiger partial charge on any atom is 0.239 e. The van der Waals surface area contributed by atoms with Crippen molar-refractivity contribution in [3.63, 3.8) is 0 Å². The number of hydrogen-bond donors (Lipinski definition) is 2. The molecule has 1 aromatic rings. The first-order valence-electron chi connectivity index (χ1n) is 6.48. The van der Waals surface area contributed by atoms with Crippen molar-refractivity contribution in [2.45, 2.75) is 38.8 Å². The van der Waals surface area contributed by atoms with Crippen molar-refractivity contribution in [1.29, 1.82) is 0 Å². The molecular weight excluding hydrogens is 230 g/mol. The van der Waals surface area contributed by atoms with Crippen molar-refractivity contribution < 1.29 is 9.47 Å². The summed E-state index contributed by atoms with van der Waals surface area (Å²) in [6.07, 6.45) is 2.15. The van der Waals surface area contributed by atoms with Gasteiger partial charge in [-0.05, 0) is 31.9 Å². The van der Waals surface area contributed by atoms with Crippen LogP contribution >= 0.6 is 0 Å². The zero-order valence-electron chi connectivity index (χ0n) is 11.0. The van der Waals surface area contributed by atoms with Gasteiger partial charge in [-0.25, -0.2) is 0 Å². The Kier molecular flexibility index (Phi) is 4.25. The molecule has 0 aromatic carbocycles. The number of nitrogen functional groups attached to an aromatic ring is 1. The Morgan fingerprint density at radius 3 is 3.06 bits per heavy atom. The first-order chi connectivity index (χ1) is 8.70. The minimum atomic E-state index is 0.212. The first-order valence-corrected chi connectivity index (χ1v) is 6.48. The van der Waals surface area contributed by atoms with Crippen molar-refractivity contribution in [3.05, 3.63) is 12.1 Å². The highest BCUT2D eigenvalue weighted by Gasteiger charge is 2.24. The molecule has 18 heavy (non-hydrogen) atoms. The summed E-state index contributed by atoms with van der Waals surface area (Å²) in [6, 6.07) is 4.00. The molecule has 1 aliphatic rings. The van der Waals surface area contributed by atoms with Gasteiger partial charge in [0.2, 0.25) is 5.88 Å². The third-order valence-electron chi connectivity index (χ3n) is 3.04. The van der Waals surface area contributed by atoms with E-state index in [9.17, 15) is 0 Å². The molecule has 2 rings (SSSR count). The average molecular weight is 251 g/mol. The molecule has 2 atom stereocenters. The van der Waals surface area contributed by atoms with Gasteiger partial charge in [0.05, 0.1) is 24.4 Å². The second kappa shape index (κ2) is 5.91. The van der Waals surface area contributed by atoms with Crippen molar-refractivity contribution in [2.75, 3.05) is 24.3 Å². The van der Waals surface area contributed by atoms with E-state index in [4.69, 9.17) is 15.2 Å². The second-order valence-corrected chi connectivity index (χ2v) is 4.55. The smallest absolute Gasteiger partial charge is 0.239 e. The Labute approximate surface area is 108 Å². The van der Waals surface area contributed by atoms with Crippen LogP contribution in [-0.2, 0) is 4.74 Å². The zero-order chi connectivity index (χ0) is 13.0. The number of hydrogen-bond acceptors (Lipinski definition) is 5. The fourth-order valence-electron chi connectivity index (χ4n) is 1.96. The van der Waals surface area contributed by atoms with E-state index in [2.05, 4.69) is 24.1 Å². The van der Waals surface area contributed by atoms with Crippen LogP contribution < -0.4 is 15.8 Å². The van der Waals surface area contributed by atoms with Crippen LogP contribution in [0.15, 0.2) is 12.1 Å². The van der Waals surface area contributed by atoms with E-state index in [-0.39, 0.29) is 6.10 Å². The van der Waals surface area contributed by atoms with Gasteiger partial charge in [0.25, 0.3) is 0 Å². The summed E-state index contributed by atoms with van der Waals surface area (Å²) in [6.45, 7) is 5.54. The maximum absolute atomic E-state index is 5.83. The van der Waals surface area contributed by atoms with Gasteiger partial charge in [-0.3, -0.25) is 0 Å². The van der Waals surface area contributed by atoms with Crippen LogP contribution in [0.25, 0.3) is 0 Å². The second-order valence-electron chi connectivity index (χ2n) is 4.55. The molecule has 2 unspecified atom stereocenters. The van der Waals surface area contributed by atoms with Gasteiger partial charge < -0.3 is 20.5 Å². The van der Waals surface area contributed by atoms with Gasteiger partial charge in [-0.2, -0.15) is 4.98 Å². The number of ether oxygens (including phenoxy) is 2. The van der Waals surface area contributed by atoms with Gasteiger partial charge >= 0.3 is 0 Å². The Hall–Kier alpha value is -1.49. The predicted molar refractivity (Wildman–Crippen MR) is 71.9 cm³/mol. The molecule has 1 aromatic heterocycles. The van der Waals surface area contributed by atoms with Gasteiger partial charge in [0, 0.05) is 6.61 Å². The Balaban J connectivity index is 2.04. The molecule has 0 amide bonds. The summed E-state index contributed by atoms with van der Waals surface area (Å²) in [5, 5.41) is 3.36. The van der Waals surface area contributed by atoms with E-state index >= 15 is 0 Å². The highest BCUT2D eigenvalue weighted by molar-refractivity contribution is 5.54. The van der Waals surface area contributed by atoms with Gasteiger partial charge in [0.1, 0.15) is 5.82 Å². The topological polar surface area (TPSA) is 69.4 Å². The predicted octanol–water partition coefficient (Wildman–Crippen LogP) is 2.04. The molecule has 3 N–H and O–H groups in total. The minimum absolute atomic E-state index is 0.212. The molecule has 1 aliphatic heterocycles. The largest absolute Gasteiger partial charge is 0.476 e. The van der Waals surface area contributed by atoms with Crippen LogP contribution in [0.3, 0.4) is 0 Å². The third-order valence-corrected chi connectivity index (χ3v) is 3.04. The normalized spacial score (nSPS) is 23.0. The number of aromatic nitrogens is 1. The van der Waals surface area contributed by atoms with Crippen molar-refractivity contribution in [2.24, 2.45) is 0 Å². The monoisotopic (exact) mass is 251 g/mol. The van der Waals surface area contributed by atoms with Crippen molar-refractivity contribution in [3.8, 4) is 5.88 Å². The SMILES string of the molecule is CCCOc1nc(NC2CCOC2C)ccc1N. The first kappa shape index (κ1) is 13.0. The molecular formula is C13H21N3O2. The highest BCUT2D eigenvalue weighted by Crippen LogP contribution is 2.23. The van der Waals surface area contributed by atoms with E-state index in [1.807, 2.05) is 12.1 Å². The Morgan fingerprint density at radius 1 is 1.56 bits per heavy atom. The van der Waals surface area contributed by atoms with Crippen LogP contribution in [0.4, 0.5) is 11.5 Å². The maximum atomic E-state index is 5.83. The molecule has 0 radical (unpaired) electrons. The molecule has 0 bridgehead atoms. The van der Waals surface area contributed by atoms with Crippen LogP contribution in [0.1, 0.15) is 26.7 Å². The molecule has 100 valence electrons. The summed E-state index contributed by atoms with van der Waals surface area (Å²) >= 11 is 0. The molecule has 0 spiro atoms. The number of nitrogens with two attached hydrogens (primary N) is 1. The highest BCUT2D eigenvalue weighted by atomic mass is 16.5. The number of pyridine rings is 1. The number of nitrogens with one attached hydrogen (secondary N) is 1. The van der Waals surface area contributed by atoms with E-state index in [0.29, 0.717) is 24.2 Å².